The normalized spacial score (nSPS) is 15.5. The van der Waals surface area contributed by atoms with Gasteiger partial charge in [-0.05, 0) is 42.7 Å². The third-order valence-corrected chi connectivity index (χ3v) is 5.79. The van der Waals surface area contributed by atoms with Crippen molar-refractivity contribution in [3.05, 3.63) is 64.1 Å². The van der Waals surface area contributed by atoms with Crippen molar-refractivity contribution in [2.45, 2.75) is 18.9 Å². The highest BCUT2D eigenvalue weighted by molar-refractivity contribution is 7.98. The summed E-state index contributed by atoms with van der Waals surface area (Å²) in [6.07, 6.45) is 2.40. The van der Waals surface area contributed by atoms with E-state index < -0.39 is 6.04 Å². The van der Waals surface area contributed by atoms with Crippen LogP contribution >= 0.6 is 11.8 Å². The number of nitrogens with zero attached hydrogens (tertiary/aromatic N) is 1. The van der Waals surface area contributed by atoms with E-state index in [2.05, 4.69) is 26.1 Å². The van der Waals surface area contributed by atoms with Crippen LogP contribution in [0.1, 0.15) is 22.5 Å². The van der Waals surface area contributed by atoms with Crippen molar-refractivity contribution in [2.75, 3.05) is 22.6 Å². The lowest BCUT2D eigenvalue weighted by atomic mass is 10.1. The Kier molecular flexibility index (Phi) is 6.22. The first-order valence-electron chi connectivity index (χ1n) is 9.97. The first-order chi connectivity index (χ1) is 15.5. The van der Waals surface area contributed by atoms with Crippen molar-refractivity contribution >= 4 is 51.6 Å². The molecule has 0 fully saturated rings. The van der Waals surface area contributed by atoms with Crippen LogP contribution in [0.4, 0.5) is 11.4 Å². The van der Waals surface area contributed by atoms with Gasteiger partial charge in [0.2, 0.25) is 11.8 Å². The number of hydrogen-bond donors (Lipinski definition) is 4. The summed E-state index contributed by atoms with van der Waals surface area (Å²) in [4.78, 5) is 49.6. The number of fused-ring (bicyclic) bond motifs is 2. The highest BCUT2D eigenvalue weighted by Gasteiger charge is 2.27. The molecule has 1 aromatic heterocycles. The molecule has 10 heteroatoms. The smallest absolute Gasteiger partial charge is 0.272 e. The Balaban J connectivity index is 1.52. The number of aromatic nitrogens is 2. The molecular weight excluding hydrogens is 430 g/mol. The second kappa shape index (κ2) is 9.23. The van der Waals surface area contributed by atoms with Gasteiger partial charge < -0.3 is 16.0 Å². The van der Waals surface area contributed by atoms with Gasteiger partial charge in [0.25, 0.3) is 11.5 Å². The number of nitrogens with one attached hydrogen (secondary N) is 4. The van der Waals surface area contributed by atoms with Crippen molar-refractivity contribution in [3.8, 4) is 0 Å². The molecule has 0 bridgehead atoms. The van der Waals surface area contributed by atoms with Gasteiger partial charge in [0.15, 0.2) is 0 Å². The van der Waals surface area contributed by atoms with Crippen LogP contribution in [0.2, 0.25) is 0 Å². The second-order valence-corrected chi connectivity index (χ2v) is 8.31. The zero-order valence-electron chi connectivity index (χ0n) is 17.2. The quantitative estimate of drug-likeness (QED) is 0.453. The van der Waals surface area contributed by atoms with Crippen molar-refractivity contribution < 1.29 is 14.4 Å². The molecular formula is C22H21N5O4S. The lowest BCUT2D eigenvalue weighted by Gasteiger charge is -2.13. The molecule has 1 aliphatic rings. The van der Waals surface area contributed by atoms with E-state index in [-0.39, 0.29) is 35.3 Å². The van der Waals surface area contributed by atoms with Gasteiger partial charge in [-0.15, -0.1) is 0 Å². The van der Waals surface area contributed by atoms with E-state index in [1.807, 2.05) is 6.26 Å². The predicted octanol–water partition coefficient (Wildman–Crippen LogP) is 1.91. The standard InChI is InChI=1S/C22H21N5O4S/c1-32-9-8-17-22(31)24-16-7-6-12(10-15(16)20(29)25-17)23-19(28)11-18-13-4-2-3-5-14(13)21(30)27-26-18/h2-7,10,17H,8-9,11H2,1H3,(H,23,28)(H,24,31)(H,25,29)(H,27,30)/t17-/m0/s1. The molecule has 0 saturated heterocycles. The van der Waals surface area contributed by atoms with E-state index in [0.29, 0.717) is 34.3 Å². The molecule has 0 saturated carbocycles. The minimum Gasteiger partial charge on any atom is -0.340 e. The predicted molar refractivity (Wildman–Crippen MR) is 124 cm³/mol. The number of rotatable bonds is 6. The molecule has 2 heterocycles. The third kappa shape index (κ3) is 4.50. The van der Waals surface area contributed by atoms with Gasteiger partial charge >= 0.3 is 0 Å². The molecule has 3 amide bonds. The summed E-state index contributed by atoms with van der Waals surface area (Å²) in [5, 5.41) is 15.7. The van der Waals surface area contributed by atoms with E-state index >= 15 is 0 Å². The summed E-state index contributed by atoms with van der Waals surface area (Å²) in [7, 11) is 0. The molecule has 0 aliphatic carbocycles. The van der Waals surface area contributed by atoms with Crippen LogP contribution in [0.5, 0.6) is 0 Å². The van der Waals surface area contributed by atoms with Crippen molar-refractivity contribution in [2.24, 2.45) is 0 Å². The van der Waals surface area contributed by atoms with Crippen LogP contribution < -0.4 is 21.5 Å². The fourth-order valence-electron chi connectivity index (χ4n) is 3.54. The van der Waals surface area contributed by atoms with Crippen molar-refractivity contribution in [1.29, 1.82) is 0 Å². The molecule has 1 aliphatic heterocycles. The highest BCUT2D eigenvalue weighted by Crippen LogP contribution is 2.24. The average Bonchev–Trinajstić information content (AvgIpc) is 2.90. The lowest BCUT2D eigenvalue weighted by Crippen LogP contribution is -2.41. The zero-order valence-corrected chi connectivity index (χ0v) is 18.0. The summed E-state index contributed by atoms with van der Waals surface area (Å²) in [6, 6.07) is 11.0. The molecule has 0 unspecified atom stereocenters. The van der Waals surface area contributed by atoms with Gasteiger partial charge in [-0.25, -0.2) is 5.10 Å². The number of amides is 3. The Hall–Kier alpha value is -3.66. The largest absolute Gasteiger partial charge is 0.340 e. The highest BCUT2D eigenvalue weighted by atomic mass is 32.2. The molecule has 2 aromatic carbocycles. The number of benzene rings is 2. The summed E-state index contributed by atoms with van der Waals surface area (Å²) in [5.74, 6) is -0.262. The maximum Gasteiger partial charge on any atom is 0.272 e. The van der Waals surface area contributed by atoms with Crippen LogP contribution in [-0.4, -0.2) is 46.0 Å². The molecule has 0 radical (unpaired) electrons. The van der Waals surface area contributed by atoms with Gasteiger partial charge in [0.05, 0.1) is 28.8 Å². The summed E-state index contributed by atoms with van der Waals surface area (Å²) >= 11 is 1.60. The van der Waals surface area contributed by atoms with Crippen molar-refractivity contribution in [1.82, 2.24) is 15.5 Å². The molecule has 164 valence electrons. The van der Waals surface area contributed by atoms with E-state index in [9.17, 15) is 19.2 Å². The van der Waals surface area contributed by atoms with Gasteiger partial charge in [0.1, 0.15) is 6.04 Å². The second-order valence-electron chi connectivity index (χ2n) is 7.33. The van der Waals surface area contributed by atoms with Crippen molar-refractivity contribution in [3.63, 3.8) is 0 Å². The molecule has 9 nitrogen and oxygen atoms in total. The molecule has 3 aromatic rings. The van der Waals surface area contributed by atoms with E-state index in [0.717, 1.165) is 5.75 Å². The summed E-state index contributed by atoms with van der Waals surface area (Å²) in [5.41, 5.74) is 1.20. The fraction of sp³-hybridized carbons (Fsp3) is 0.227. The Morgan fingerprint density at radius 3 is 2.69 bits per heavy atom. The van der Waals surface area contributed by atoms with Crippen LogP contribution in [0.15, 0.2) is 47.3 Å². The maximum atomic E-state index is 12.7. The number of H-pyrrole nitrogens is 1. The van der Waals surface area contributed by atoms with Gasteiger partial charge in [0, 0.05) is 11.1 Å². The molecule has 4 N–H and O–H groups in total. The van der Waals surface area contributed by atoms with Crippen LogP contribution in [0, 0.1) is 0 Å². The van der Waals surface area contributed by atoms with Gasteiger partial charge in [-0.1, -0.05) is 18.2 Å². The Morgan fingerprint density at radius 2 is 1.91 bits per heavy atom. The first-order valence-corrected chi connectivity index (χ1v) is 11.4. The number of aromatic amines is 1. The van der Waals surface area contributed by atoms with E-state index in [4.69, 9.17) is 0 Å². The average molecular weight is 452 g/mol. The SMILES string of the molecule is CSCC[C@@H]1NC(=O)c2cc(NC(=O)Cc3n[nH]c(=O)c4ccccc34)ccc2NC1=O. The van der Waals surface area contributed by atoms with Crippen LogP contribution in [-0.2, 0) is 16.0 Å². The fourth-order valence-corrected chi connectivity index (χ4v) is 4.01. The first kappa shape index (κ1) is 21.6. The minimum atomic E-state index is -0.611. The van der Waals surface area contributed by atoms with Crippen LogP contribution in [0.3, 0.4) is 0 Å². The van der Waals surface area contributed by atoms with Gasteiger partial charge in [-0.3, -0.25) is 19.2 Å². The Bertz CT molecular complexity index is 1270. The number of hydrogen-bond acceptors (Lipinski definition) is 6. The zero-order chi connectivity index (χ0) is 22.7. The van der Waals surface area contributed by atoms with E-state index in [1.165, 1.54) is 6.07 Å². The molecule has 4 rings (SSSR count). The number of thioether (sulfide) groups is 1. The lowest BCUT2D eigenvalue weighted by molar-refractivity contribution is -0.118. The molecule has 1 atom stereocenters. The molecule has 32 heavy (non-hydrogen) atoms. The van der Waals surface area contributed by atoms with E-state index in [1.54, 1.807) is 48.2 Å². The Labute approximate surface area is 187 Å². The Morgan fingerprint density at radius 1 is 1.12 bits per heavy atom. The number of carbonyl (C=O) groups excluding carboxylic acids is 3. The van der Waals surface area contributed by atoms with Gasteiger partial charge in [-0.2, -0.15) is 16.9 Å². The molecule has 0 spiro atoms. The summed E-state index contributed by atoms with van der Waals surface area (Å²) < 4.78 is 0. The third-order valence-electron chi connectivity index (χ3n) is 5.14. The number of carbonyl (C=O) groups is 3. The van der Waals surface area contributed by atoms with Crippen LogP contribution in [0.25, 0.3) is 10.8 Å². The minimum absolute atomic E-state index is 0.0614. The topological polar surface area (TPSA) is 133 Å². The maximum absolute atomic E-state index is 12.7. The monoisotopic (exact) mass is 451 g/mol. The summed E-state index contributed by atoms with van der Waals surface area (Å²) in [6.45, 7) is 0. The number of anilines is 2.